The molecule has 0 radical (unpaired) electrons. The van der Waals surface area contributed by atoms with Crippen LogP contribution in [0, 0.1) is 5.41 Å². The molecule has 1 heterocycles. The fraction of sp³-hybridized carbons (Fsp3) is 0.500. The summed E-state index contributed by atoms with van der Waals surface area (Å²) in [7, 11) is 0. The van der Waals surface area contributed by atoms with Gasteiger partial charge in [-0.25, -0.2) is 0 Å². The molecule has 2 N–H and O–H groups in total. The van der Waals surface area contributed by atoms with Crippen molar-refractivity contribution in [2.24, 2.45) is 5.41 Å². The molecule has 0 aromatic carbocycles. The van der Waals surface area contributed by atoms with Gasteiger partial charge < -0.3 is 0 Å². The monoisotopic (exact) mass is 124 g/mol. The van der Waals surface area contributed by atoms with Gasteiger partial charge in [0.25, 0.3) is 0 Å². The van der Waals surface area contributed by atoms with Crippen LogP contribution < -0.4 is 5.32 Å². The van der Waals surface area contributed by atoms with Crippen molar-refractivity contribution in [1.82, 2.24) is 0 Å². The summed E-state index contributed by atoms with van der Waals surface area (Å²) in [6.07, 6.45) is 6.42. The molecule has 0 spiro atoms. The maximum Gasteiger partial charge on any atom is 0.101 e. The first-order valence-corrected chi connectivity index (χ1v) is 3.33. The topological polar surface area (TPSA) is 16.6 Å². The Labute approximate surface area is 56.5 Å². The minimum Gasteiger partial charge on any atom is -0.294 e. The van der Waals surface area contributed by atoms with Crippen molar-refractivity contribution in [3.63, 3.8) is 0 Å². The zero-order chi connectivity index (χ0) is 6.91. The number of hydrogen-bond donors (Lipinski definition) is 1. The zero-order valence-electron chi connectivity index (χ0n) is 6.31. The van der Waals surface area contributed by atoms with Gasteiger partial charge in [-0.1, -0.05) is 20.8 Å². The van der Waals surface area contributed by atoms with Gasteiger partial charge >= 0.3 is 0 Å². The minimum atomic E-state index is 0.323. The minimum absolute atomic E-state index is 0.323. The first-order chi connectivity index (χ1) is 4.11. The Morgan fingerprint density at radius 1 is 1.33 bits per heavy atom. The predicted molar refractivity (Wildman–Crippen MR) is 38.6 cm³/mol. The Kier molecular flexibility index (Phi) is 1.45. The number of hydrogen-bond acceptors (Lipinski definition) is 0. The van der Waals surface area contributed by atoms with Gasteiger partial charge in [-0.15, -0.1) is 0 Å². The lowest BCUT2D eigenvalue weighted by atomic mass is 9.88. The summed E-state index contributed by atoms with van der Waals surface area (Å²) in [6.45, 7) is 6.67. The van der Waals surface area contributed by atoms with E-state index in [0.29, 0.717) is 5.41 Å². The molecule has 1 rings (SSSR count). The summed E-state index contributed by atoms with van der Waals surface area (Å²) in [5, 5.41) is 2.08. The molecule has 50 valence electrons. The van der Waals surface area contributed by atoms with Gasteiger partial charge in [0.05, 0.1) is 6.20 Å². The lowest BCUT2D eigenvalue weighted by Gasteiger charge is -2.15. The van der Waals surface area contributed by atoms with E-state index >= 15 is 0 Å². The Hall–Kier alpha value is -0.560. The van der Waals surface area contributed by atoms with Gasteiger partial charge in [-0.3, -0.25) is 5.32 Å². The van der Waals surface area contributed by atoms with Crippen molar-refractivity contribution in [3.8, 4) is 0 Å². The fourth-order valence-corrected chi connectivity index (χ4v) is 0.874. The Morgan fingerprint density at radius 2 is 2.00 bits per heavy atom. The number of rotatable bonds is 0. The van der Waals surface area contributed by atoms with E-state index in [1.807, 2.05) is 0 Å². The summed E-state index contributed by atoms with van der Waals surface area (Å²) in [5.74, 6) is 0. The van der Waals surface area contributed by atoms with Crippen LogP contribution in [0.1, 0.15) is 20.8 Å². The molecular formula is C8H14N+. The molecule has 1 heteroatoms. The highest BCUT2D eigenvalue weighted by Crippen LogP contribution is 2.25. The van der Waals surface area contributed by atoms with E-state index in [-0.39, 0.29) is 0 Å². The normalized spacial score (nSPS) is 18.3. The second-order valence-electron chi connectivity index (χ2n) is 3.42. The van der Waals surface area contributed by atoms with Crippen LogP contribution in [0.2, 0.25) is 0 Å². The summed E-state index contributed by atoms with van der Waals surface area (Å²) < 4.78 is 0. The van der Waals surface area contributed by atoms with Crippen LogP contribution in [-0.4, -0.2) is 0 Å². The molecule has 1 aliphatic rings. The summed E-state index contributed by atoms with van der Waals surface area (Å²) >= 11 is 0. The van der Waals surface area contributed by atoms with Gasteiger partial charge in [0.1, 0.15) is 6.20 Å². The molecule has 0 atom stereocenters. The molecule has 0 unspecified atom stereocenters. The maximum absolute atomic E-state index is 2.22. The average molecular weight is 124 g/mol. The lowest BCUT2D eigenvalue weighted by molar-refractivity contribution is -0.510. The second-order valence-corrected chi connectivity index (χ2v) is 3.42. The molecule has 0 bridgehead atoms. The zero-order valence-corrected chi connectivity index (χ0v) is 6.31. The number of allylic oxidation sites excluding steroid dienone is 2. The van der Waals surface area contributed by atoms with Gasteiger partial charge in [0.15, 0.2) is 0 Å². The molecule has 0 aliphatic carbocycles. The second kappa shape index (κ2) is 1.99. The van der Waals surface area contributed by atoms with Crippen molar-refractivity contribution >= 4 is 0 Å². The van der Waals surface area contributed by atoms with Crippen molar-refractivity contribution < 1.29 is 5.32 Å². The number of quaternary nitrogens is 1. The summed E-state index contributed by atoms with van der Waals surface area (Å²) in [6, 6.07) is 0. The number of nitrogens with two attached hydrogens (primary N) is 1. The van der Waals surface area contributed by atoms with Crippen LogP contribution in [0.15, 0.2) is 24.0 Å². The van der Waals surface area contributed by atoms with Crippen LogP contribution >= 0.6 is 0 Å². The third-order valence-corrected chi connectivity index (χ3v) is 1.53. The third kappa shape index (κ3) is 1.42. The van der Waals surface area contributed by atoms with E-state index in [4.69, 9.17) is 0 Å². The SMILES string of the molecule is CC(C)(C)C1=C[NH2+]C=C1. The quantitative estimate of drug-likeness (QED) is 0.496. The van der Waals surface area contributed by atoms with E-state index in [2.05, 4.69) is 44.6 Å². The molecular weight excluding hydrogens is 110 g/mol. The fourth-order valence-electron chi connectivity index (χ4n) is 0.874. The summed E-state index contributed by atoms with van der Waals surface area (Å²) in [4.78, 5) is 0. The molecule has 0 saturated carbocycles. The average Bonchev–Trinajstić information content (AvgIpc) is 2.08. The van der Waals surface area contributed by atoms with Crippen LogP contribution in [0.4, 0.5) is 0 Å². The Balaban J connectivity index is 2.73. The molecule has 9 heavy (non-hydrogen) atoms. The molecule has 1 aliphatic heterocycles. The standard InChI is InChI=1S/C8H13N/c1-8(2,3)7-4-5-9-6-7/h4-6,9H,1-3H3/p+1. The first kappa shape index (κ1) is 6.56. The van der Waals surface area contributed by atoms with Gasteiger partial charge in [0, 0.05) is 11.6 Å². The molecule has 0 aromatic heterocycles. The Bertz CT molecular complexity index is 158. The van der Waals surface area contributed by atoms with E-state index < -0.39 is 0 Å². The van der Waals surface area contributed by atoms with Gasteiger partial charge in [0.2, 0.25) is 0 Å². The van der Waals surface area contributed by atoms with Crippen molar-refractivity contribution in [3.05, 3.63) is 24.0 Å². The van der Waals surface area contributed by atoms with E-state index in [1.54, 1.807) is 0 Å². The highest BCUT2D eigenvalue weighted by molar-refractivity contribution is 5.23. The molecule has 0 aromatic rings. The van der Waals surface area contributed by atoms with Gasteiger partial charge in [-0.2, -0.15) is 0 Å². The molecule has 0 fully saturated rings. The van der Waals surface area contributed by atoms with E-state index in [9.17, 15) is 0 Å². The molecule has 1 nitrogen and oxygen atoms in total. The Morgan fingerprint density at radius 3 is 2.22 bits per heavy atom. The first-order valence-electron chi connectivity index (χ1n) is 3.33. The van der Waals surface area contributed by atoms with Crippen LogP contribution in [-0.2, 0) is 0 Å². The largest absolute Gasteiger partial charge is 0.294 e. The third-order valence-electron chi connectivity index (χ3n) is 1.53. The van der Waals surface area contributed by atoms with Crippen LogP contribution in [0.25, 0.3) is 0 Å². The highest BCUT2D eigenvalue weighted by atomic mass is 14.8. The smallest absolute Gasteiger partial charge is 0.101 e. The molecule has 0 amide bonds. The van der Waals surface area contributed by atoms with Crippen molar-refractivity contribution in [2.75, 3.05) is 0 Å². The van der Waals surface area contributed by atoms with E-state index in [1.165, 1.54) is 5.57 Å². The maximum atomic E-state index is 2.22. The highest BCUT2D eigenvalue weighted by Gasteiger charge is 2.17. The van der Waals surface area contributed by atoms with Crippen LogP contribution in [0.3, 0.4) is 0 Å². The van der Waals surface area contributed by atoms with Crippen molar-refractivity contribution in [1.29, 1.82) is 0 Å². The van der Waals surface area contributed by atoms with Crippen molar-refractivity contribution in [2.45, 2.75) is 20.8 Å². The predicted octanol–water partition coefficient (Wildman–Crippen LogP) is 1.01. The van der Waals surface area contributed by atoms with E-state index in [0.717, 1.165) is 0 Å². The summed E-state index contributed by atoms with van der Waals surface area (Å²) in [5.41, 5.74) is 1.74. The lowest BCUT2D eigenvalue weighted by Crippen LogP contribution is -2.69. The van der Waals surface area contributed by atoms with Gasteiger partial charge in [-0.05, 0) is 5.41 Å². The molecule has 0 saturated heterocycles. The van der Waals surface area contributed by atoms with Crippen LogP contribution in [0.5, 0.6) is 0 Å².